The highest BCUT2D eigenvalue weighted by molar-refractivity contribution is 7.89. The van der Waals surface area contributed by atoms with Gasteiger partial charge < -0.3 is 9.64 Å². The van der Waals surface area contributed by atoms with Gasteiger partial charge in [0.25, 0.3) is 0 Å². The molecule has 0 N–H and O–H groups in total. The molecule has 0 aromatic heterocycles. The molecule has 0 radical (unpaired) electrons. The van der Waals surface area contributed by atoms with Crippen molar-refractivity contribution in [3.63, 3.8) is 0 Å². The second-order valence-electron chi connectivity index (χ2n) is 9.54. The predicted octanol–water partition coefficient (Wildman–Crippen LogP) is 3.82. The van der Waals surface area contributed by atoms with E-state index in [4.69, 9.17) is 16.3 Å². The SMILES string of the molecule is CC1CCC[C@@H](COC(=O)N2CCN(CC3CC3)C[C@@H]2C)N1S(=O)(=O)c1ccc(Cl)cc1. The summed E-state index contributed by atoms with van der Waals surface area (Å²) in [5, 5.41) is 0.493. The van der Waals surface area contributed by atoms with Crippen LogP contribution in [0.2, 0.25) is 5.02 Å². The lowest BCUT2D eigenvalue weighted by atomic mass is 10.0. The number of nitrogens with zero attached hydrogens (tertiary/aromatic N) is 3. The van der Waals surface area contributed by atoms with Gasteiger partial charge in [-0.1, -0.05) is 18.0 Å². The van der Waals surface area contributed by atoms with Gasteiger partial charge in [0.05, 0.1) is 10.9 Å². The number of sulfonamides is 1. The van der Waals surface area contributed by atoms with E-state index in [-0.39, 0.29) is 35.7 Å². The average Bonchev–Trinajstić information content (AvgIpc) is 3.56. The second-order valence-corrected chi connectivity index (χ2v) is 11.8. The molecule has 1 amide bonds. The zero-order valence-corrected chi connectivity index (χ0v) is 20.5. The van der Waals surface area contributed by atoms with Crippen LogP contribution in [-0.4, -0.2) is 79.5 Å². The van der Waals surface area contributed by atoms with E-state index in [1.807, 2.05) is 6.92 Å². The molecule has 9 heteroatoms. The smallest absolute Gasteiger partial charge is 0.410 e. The molecule has 1 aromatic carbocycles. The van der Waals surface area contributed by atoms with Gasteiger partial charge in [0.2, 0.25) is 10.0 Å². The van der Waals surface area contributed by atoms with Gasteiger partial charge in [-0.05, 0) is 69.7 Å². The minimum atomic E-state index is -3.71. The van der Waals surface area contributed by atoms with E-state index in [1.165, 1.54) is 29.3 Å². The highest BCUT2D eigenvalue weighted by Crippen LogP contribution is 2.32. The summed E-state index contributed by atoms with van der Waals surface area (Å²) in [4.78, 5) is 17.3. The summed E-state index contributed by atoms with van der Waals surface area (Å²) in [6.45, 7) is 7.57. The van der Waals surface area contributed by atoms with Crippen molar-refractivity contribution in [3.8, 4) is 0 Å². The van der Waals surface area contributed by atoms with Crippen molar-refractivity contribution in [2.45, 2.75) is 69.0 Å². The van der Waals surface area contributed by atoms with E-state index in [9.17, 15) is 13.2 Å². The average molecular weight is 484 g/mol. The Bertz CT molecular complexity index is 906. The summed E-state index contributed by atoms with van der Waals surface area (Å²) in [7, 11) is -3.71. The Morgan fingerprint density at radius 3 is 2.44 bits per heavy atom. The molecule has 1 unspecified atom stereocenters. The zero-order chi connectivity index (χ0) is 22.9. The van der Waals surface area contributed by atoms with Crippen molar-refractivity contribution >= 4 is 27.7 Å². The Labute approximate surface area is 196 Å². The number of rotatable bonds is 6. The van der Waals surface area contributed by atoms with E-state index < -0.39 is 10.0 Å². The maximum atomic E-state index is 13.4. The van der Waals surface area contributed by atoms with Gasteiger partial charge in [-0.25, -0.2) is 13.2 Å². The molecule has 1 aliphatic carbocycles. The topological polar surface area (TPSA) is 70.2 Å². The van der Waals surface area contributed by atoms with Crippen molar-refractivity contribution in [2.75, 3.05) is 32.8 Å². The first-order valence-electron chi connectivity index (χ1n) is 11.7. The van der Waals surface area contributed by atoms with Crippen molar-refractivity contribution in [3.05, 3.63) is 29.3 Å². The first-order chi connectivity index (χ1) is 15.3. The Balaban J connectivity index is 1.38. The Morgan fingerprint density at radius 1 is 1.06 bits per heavy atom. The van der Waals surface area contributed by atoms with Gasteiger partial charge in [0.15, 0.2) is 0 Å². The molecule has 3 aliphatic rings. The number of ether oxygens (including phenoxy) is 1. The van der Waals surface area contributed by atoms with Gasteiger partial charge in [0, 0.05) is 43.3 Å². The fourth-order valence-corrected chi connectivity index (χ4v) is 6.95. The fraction of sp³-hybridized carbons (Fsp3) is 0.696. The van der Waals surface area contributed by atoms with E-state index in [0.717, 1.165) is 38.4 Å². The zero-order valence-electron chi connectivity index (χ0n) is 19.0. The number of halogens is 1. The van der Waals surface area contributed by atoms with Crippen LogP contribution >= 0.6 is 11.6 Å². The van der Waals surface area contributed by atoms with Crippen molar-refractivity contribution in [2.24, 2.45) is 5.92 Å². The maximum absolute atomic E-state index is 13.4. The molecule has 1 aromatic rings. The standard InChI is InChI=1S/C23H34ClN3O4S/c1-17-4-3-5-21(27(17)32(29,30)22-10-8-20(24)9-11-22)16-31-23(28)26-13-12-25(14-18(26)2)15-19-6-7-19/h8-11,17-19,21H,3-7,12-16H2,1-2H3/t17?,18-,21-/m0/s1. The van der Waals surface area contributed by atoms with Gasteiger partial charge >= 0.3 is 6.09 Å². The molecular weight excluding hydrogens is 450 g/mol. The van der Waals surface area contributed by atoms with Crippen LogP contribution < -0.4 is 0 Å². The predicted molar refractivity (Wildman–Crippen MR) is 124 cm³/mol. The number of carbonyl (C=O) groups is 1. The molecule has 0 spiro atoms. The van der Waals surface area contributed by atoms with Crippen molar-refractivity contribution in [1.29, 1.82) is 0 Å². The molecule has 2 saturated heterocycles. The molecule has 178 valence electrons. The summed E-state index contributed by atoms with van der Waals surface area (Å²) in [6.07, 6.45) is 4.68. The molecule has 1 saturated carbocycles. The van der Waals surface area contributed by atoms with Crippen LogP contribution in [0.1, 0.15) is 46.0 Å². The molecular formula is C23H34ClN3O4S. The van der Waals surface area contributed by atoms with Gasteiger partial charge in [0.1, 0.15) is 6.61 Å². The van der Waals surface area contributed by atoms with Crippen LogP contribution in [0.3, 0.4) is 0 Å². The number of hydrogen-bond donors (Lipinski definition) is 0. The highest BCUT2D eigenvalue weighted by atomic mass is 35.5. The largest absolute Gasteiger partial charge is 0.448 e. The third-order valence-electron chi connectivity index (χ3n) is 6.90. The Kier molecular flexibility index (Phi) is 7.34. The molecule has 3 fully saturated rings. The first kappa shape index (κ1) is 23.8. The van der Waals surface area contributed by atoms with Crippen LogP contribution in [-0.2, 0) is 14.8 Å². The van der Waals surface area contributed by atoms with Crippen molar-refractivity contribution < 1.29 is 17.9 Å². The van der Waals surface area contributed by atoms with Crippen LogP contribution in [0.4, 0.5) is 4.79 Å². The number of piperidine rings is 1. The number of amides is 1. The highest BCUT2D eigenvalue weighted by Gasteiger charge is 2.39. The number of hydrogen-bond acceptors (Lipinski definition) is 5. The third-order valence-corrected chi connectivity index (χ3v) is 9.23. The molecule has 0 bridgehead atoms. The summed E-state index contributed by atoms with van der Waals surface area (Å²) in [5.74, 6) is 0.836. The number of piperazine rings is 1. The Morgan fingerprint density at radius 2 is 1.78 bits per heavy atom. The maximum Gasteiger partial charge on any atom is 0.410 e. The molecule has 32 heavy (non-hydrogen) atoms. The molecule has 2 aliphatic heterocycles. The summed E-state index contributed by atoms with van der Waals surface area (Å²) in [5.41, 5.74) is 0. The van der Waals surface area contributed by atoms with Crippen LogP contribution in [0, 0.1) is 5.92 Å². The molecule has 2 heterocycles. The Hall–Kier alpha value is -1.35. The third kappa shape index (κ3) is 5.41. The minimum absolute atomic E-state index is 0.0744. The quantitative estimate of drug-likeness (QED) is 0.615. The van der Waals surface area contributed by atoms with E-state index in [1.54, 1.807) is 17.0 Å². The van der Waals surface area contributed by atoms with Crippen LogP contribution in [0.15, 0.2) is 29.2 Å². The number of carbonyl (C=O) groups excluding carboxylic acids is 1. The lowest BCUT2D eigenvalue weighted by molar-refractivity contribution is 0.0330. The van der Waals surface area contributed by atoms with E-state index in [2.05, 4.69) is 11.8 Å². The lowest BCUT2D eigenvalue weighted by Gasteiger charge is -2.41. The molecule has 7 nitrogen and oxygen atoms in total. The minimum Gasteiger partial charge on any atom is -0.448 e. The van der Waals surface area contributed by atoms with Crippen molar-refractivity contribution in [1.82, 2.24) is 14.1 Å². The summed E-state index contributed by atoms with van der Waals surface area (Å²) >= 11 is 5.94. The van der Waals surface area contributed by atoms with Gasteiger partial charge in [-0.3, -0.25) is 4.90 Å². The summed E-state index contributed by atoms with van der Waals surface area (Å²) < 4.78 is 34.0. The van der Waals surface area contributed by atoms with Gasteiger partial charge in [-0.2, -0.15) is 4.31 Å². The lowest BCUT2D eigenvalue weighted by Crippen LogP contribution is -2.55. The molecule has 3 atom stereocenters. The summed E-state index contributed by atoms with van der Waals surface area (Å²) in [6, 6.07) is 5.81. The first-order valence-corrected chi connectivity index (χ1v) is 13.5. The van der Waals surface area contributed by atoms with E-state index in [0.29, 0.717) is 18.0 Å². The normalized spacial score (nSPS) is 28.0. The number of benzene rings is 1. The van der Waals surface area contributed by atoms with E-state index >= 15 is 0 Å². The monoisotopic (exact) mass is 483 g/mol. The molecule has 4 rings (SSSR count). The fourth-order valence-electron chi connectivity index (χ4n) is 4.97. The second kappa shape index (κ2) is 9.87. The van der Waals surface area contributed by atoms with Crippen LogP contribution in [0.5, 0.6) is 0 Å². The van der Waals surface area contributed by atoms with Crippen LogP contribution in [0.25, 0.3) is 0 Å². The van der Waals surface area contributed by atoms with Gasteiger partial charge in [-0.15, -0.1) is 0 Å².